The third-order valence-electron chi connectivity index (χ3n) is 6.86. The fraction of sp³-hybridized carbons (Fsp3) is 0.214. The first-order valence-corrected chi connectivity index (χ1v) is 10.8. The highest BCUT2D eigenvalue weighted by Crippen LogP contribution is 2.51. The molecule has 0 fully saturated rings. The van der Waals surface area contributed by atoms with Gasteiger partial charge in [-0.1, -0.05) is 84.4 Å². The fourth-order valence-electron chi connectivity index (χ4n) is 5.54. The van der Waals surface area contributed by atoms with Crippen molar-refractivity contribution in [2.75, 3.05) is 0 Å². The second-order valence-electron chi connectivity index (χ2n) is 8.57. The van der Waals surface area contributed by atoms with Gasteiger partial charge in [0.25, 0.3) is 0 Å². The Morgan fingerprint density at radius 1 is 0.828 bits per heavy atom. The van der Waals surface area contributed by atoms with Crippen molar-refractivity contribution in [1.82, 2.24) is 4.57 Å². The van der Waals surface area contributed by atoms with Crippen LogP contribution in [0.1, 0.15) is 52.6 Å². The topological polar surface area (TPSA) is 4.93 Å². The van der Waals surface area contributed by atoms with Gasteiger partial charge in [-0.3, -0.25) is 0 Å². The van der Waals surface area contributed by atoms with Crippen LogP contribution in [0.15, 0.2) is 84.9 Å². The zero-order valence-corrected chi connectivity index (χ0v) is 16.8. The van der Waals surface area contributed by atoms with Gasteiger partial charge in [0.15, 0.2) is 0 Å². The van der Waals surface area contributed by atoms with Gasteiger partial charge in [-0.25, -0.2) is 0 Å². The first kappa shape index (κ1) is 16.9. The van der Waals surface area contributed by atoms with Crippen LogP contribution in [-0.2, 0) is 6.42 Å². The quantitative estimate of drug-likeness (QED) is 0.353. The molecule has 1 nitrogen and oxygen atoms in total. The van der Waals surface area contributed by atoms with Crippen LogP contribution in [0.25, 0.3) is 16.6 Å². The van der Waals surface area contributed by atoms with Crippen LogP contribution in [0, 0.1) is 6.92 Å². The maximum atomic E-state index is 2.58. The minimum absolute atomic E-state index is 0.432. The molecule has 1 aliphatic heterocycles. The normalized spacial score (nSPS) is 20.4. The van der Waals surface area contributed by atoms with Crippen molar-refractivity contribution in [3.8, 4) is 0 Å². The van der Waals surface area contributed by atoms with Crippen LogP contribution in [0.5, 0.6) is 0 Å². The number of hydrogen-bond acceptors (Lipinski definition) is 0. The lowest BCUT2D eigenvalue weighted by Gasteiger charge is -2.36. The second kappa shape index (κ2) is 6.49. The molecule has 0 spiro atoms. The SMILES string of the molecule is Cc1ccc([C@@H]2C=C(c3ccccc3)n3c4c(c5ccccc53)CCC[C@H]42)cc1. The summed E-state index contributed by atoms with van der Waals surface area (Å²) in [7, 11) is 0. The number of allylic oxidation sites excluding steroid dienone is 1. The van der Waals surface area contributed by atoms with Gasteiger partial charge in [-0.2, -0.15) is 0 Å². The number of hydrogen-bond donors (Lipinski definition) is 0. The molecular formula is C28H25N. The summed E-state index contributed by atoms with van der Waals surface area (Å²) >= 11 is 0. The number of fused-ring (bicyclic) bond motifs is 3. The number of rotatable bonds is 2. The van der Waals surface area contributed by atoms with Crippen molar-refractivity contribution < 1.29 is 0 Å². The van der Waals surface area contributed by atoms with Gasteiger partial charge in [0.2, 0.25) is 0 Å². The molecular weight excluding hydrogens is 350 g/mol. The van der Waals surface area contributed by atoms with Crippen molar-refractivity contribution in [3.05, 3.63) is 113 Å². The lowest BCUT2D eigenvalue weighted by molar-refractivity contribution is 0.489. The zero-order chi connectivity index (χ0) is 19.4. The molecule has 2 atom stereocenters. The molecule has 1 aromatic heterocycles. The summed E-state index contributed by atoms with van der Waals surface area (Å²) in [5.41, 5.74) is 9.92. The standard InChI is InChI=1S/C28H25N/c1-19-14-16-20(17-15-19)25-18-27(21-8-3-2-4-9-21)29-26-13-6-5-10-22(26)23-11-7-12-24(25)28(23)29/h2-6,8-10,13-18,24-25H,7,11-12H2,1H3/t24-,25-/m0/s1. The molecule has 0 unspecified atom stereocenters. The molecule has 0 radical (unpaired) electrons. The zero-order valence-electron chi connectivity index (χ0n) is 16.8. The smallest absolute Gasteiger partial charge is 0.0534 e. The molecule has 0 bridgehead atoms. The molecule has 3 aromatic carbocycles. The predicted octanol–water partition coefficient (Wildman–Crippen LogP) is 7.06. The van der Waals surface area contributed by atoms with Crippen molar-refractivity contribution in [3.63, 3.8) is 0 Å². The van der Waals surface area contributed by atoms with E-state index in [0.717, 1.165) is 0 Å². The molecule has 29 heavy (non-hydrogen) atoms. The Kier molecular flexibility index (Phi) is 3.77. The van der Waals surface area contributed by atoms with E-state index < -0.39 is 0 Å². The van der Waals surface area contributed by atoms with Crippen molar-refractivity contribution in [2.24, 2.45) is 0 Å². The molecule has 2 heterocycles. The molecule has 6 rings (SSSR count). The van der Waals surface area contributed by atoms with Crippen LogP contribution in [0.4, 0.5) is 0 Å². The van der Waals surface area contributed by atoms with Gasteiger partial charge in [-0.05, 0) is 48.9 Å². The number of aromatic nitrogens is 1. The summed E-state index contributed by atoms with van der Waals surface area (Å²) < 4.78 is 2.58. The van der Waals surface area contributed by atoms with Gasteiger partial charge < -0.3 is 4.57 Å². The molecule has 0 saturated carbocycles. The molecule has 0 amide bonds. The highest BCUT2D eigenvalue weighted by Gasteiger charge is 2.37. The Labute approximate surface area is 172 Å². The van der Waals surface area contributed by atoms with Gasteiger partial charge in [0.1, 0.15) is 0 Å². The first-order chi connectivity index (χ1) is 14.3. The third kappa shape index (κ3) is 2.54. The van der Waals surface area contributed by atoms with Gasteiger partial charge in [-0.15, -0.1) is 0 Å². The Morgan fingerprint density at radius 2 is 1.59 bits per heavy atom. The molecule has 1 heteroatoms. The fourth-order valence-corrected chi connectivity index (χ4v) is 5.54. The number of aryl methyl sites for hydroxylation is 2. The summed E-state index contributed by atoms with van der Waals surface area (Å²) in [6.45, 7) is 2.17. The summed E-state index contributed by atoms with van der Waals surface area (Å²) in [6, 6.07) is 29.1. The van der Waals surface area contributed by atoms with Crippen LogP contribution >= 0.6 is 0 Å². The third-order valence-corrected chi connectivity index (χ3v) is 6.86. The average molecular weight is 376 g/mol. The Hall–Kier alpha value is -3.06. The van der Waals surface area contributed by atoms with Gasteiger partial charge >= 0.3 is 0 Å². The molecule has 2 aliphatic rings. The predicted molar refractivity (Wildman–Crippen MR) is 121 cm³/mol. The lowest BCUT2D eigenvalue weighted by atomic mass is 9.73. The van der Waals surface area contributed by atoms with E-state index in [-0.39, 0.29) is 0 Å². The van der Waals surface area contributed by atoms with Crippen LogP contribution in [0.3, 0.4) is 0 Å². The Bertz CT molecular complexity index is 1220. The molecule has 0 saturated heterocycles. The summed E-state index contributed by atoms with van der Waals surface area (Å²) in [5, 5.41) is 1.44. The Morgan fingerprint density at radius 3 is 2.41 bits per heavy atom. The van der Waals surface area contributed by atoms with Crippen LogP contribution in [0.2, 0.25) is 0 Å². The molecule has 4 aromatic rings. The van der Waals surface area contributed by atoms with E-state index in [2.05, 4.69) is 96.4 Å². The largest absolute Gasteiger partial charge is 0.313 e. The molecule has 0 N–H and O–H groups in total. The monoisotopic (exact) mass is 375 g/mol. The number of para-hydroxylation sites is 1. The number of nitrogens with zero attached hydrogens (tertiary/aromatic N) is 1. The first-order valence-electron chi connectivity index (χ1n) is 10.8. The van der Waals surface area contributed by atoms with Crippen LogP contribution in [-0.4, -0.2) is 4.57 Å². The van der Waals surface area contributed by atoms with Crippen molar-refractivity contribution >= 4 is 16.6 Å². The van der Waals surface area contributed by atoms with E-state index in [9.17, 15) is 0 Å². The van der Waals surface area contributed by atoms with E-state index >= 15 is 0 Å². The molecule has 142 valence electrons. The van der Waals surface area contributed by atoms with E-state index in [1.807, 2.05) is 0 Å². The molecule has 1 aliphatic carbocycles. The second-order valence-corrected chi connectivity index (χ2v) is 8.57. The summed E-state index contributed by atoms with van der Waals surface area (Å²) in [6.07, 6.45) is 6.28. The maximum Gasteiger partial charge on any atom is 0.0534 e. The maximum absolute atomic E-state index is 2.58. The minimum atomic E-state index is 0.432. The van der Waals surface area contributed by atoms with Crippen molar-refractivity contribution in [1.29, 1.82) is 0 Å². The summed E-state index contributed by atoms with van der Waals surface area (Å²) in [5.74, 6) is 0.989. The minimum Gasteiger partial charge on any atom is -0.313 e. The lowest BCUT2D eigenvalue weighted by Crippen LogP contribution is -2.24. The average Bonchev–Trinajstić information content (AvgIpc) is 3.12. The highest BCUT2D eigenvalue weighted by atomic mass is 15.0. The summed E-state index contributed by atoms with van der Waals surface area (Å²) in [4.78, 5) is 0. The highest BCUT2D eigenvalue weighted by molar-refractivity contribution is 5.92. The van der Waals surface area contributed by atoms with Gasteiger partial charge in [0.05, 0.1) is 5.52 Å². The van der Waals surface area contributed by atoms with Crippen molar-refractivity contribution in [2.45, 2.75) is 38.0 Å². The van der Waals surface area contributed by atoms with Crippen LogP contribution < -0.4 is 0 Å². The van der Waals surface area contributed by atoms with Gasteiger partial charge in [0, 0.05) is 28.6 Å². The van der Waals surface area contributed by atoms with E-state index in [1.165, 1.54) is 52.6 Å². The Balaban J connectivity index is 1.66. The number of benzene rings is 3. The van der Waals surface area contributed by atoms with E-state index in [1.54, 1.807) is 11.3 Å². The van der Waals surface area contributed by atoms with E-state index in [0.29, 0.717) is 11.8 Å². The van der Waals surface area contributed by atoms with E-state index in [4.69, 9.17) is 0 Å².